The average molecular weight is 597 g/mol. The molecule has 0 bridgehead atoms. The van der Waals surface area contributed by atoms with Crippen LogP contribution in [-0.2, 0) is 9.67 Å². The third kappa shape index (κ3) is 6.49. The molecule has 0 saturated carbocycles. The van der Waals surface area contributed by atoms with Gasteiger partial charge in [0.15, 0.2) is 0 Å². The van der Waals surface area contributed by atoms with Crippen molar-refractivity contribution < 1.29 is 18.4 Å². The molecule has 1 unspecified atom stereocenters. The van der Waals surface area contributed by atoms with Crippen molar-refractivity contribution in [2.45, 2.75) is 43.5 Å². The molecule has 0 radical (unpaired) electrons. The minimum atomic E-state index is -1.09. The predicted octanol–water partition coefficient (Wildman–Crippen LogP) is 4.10. The Morgan fingerprint density at radius 2 is 1.88 bits per heavy atom. The third-order valence-electron chi connectivity index (χ3n) is 7.69. The number of hydrogen-bond acceptors (Lipinski definition) is 6. The Kier molecular flexibility index (Phi) is 9.67. The number of benzene rings is 2. The number of carbonyl (C=O) groups excluding carboxylic acids is 2. The normalized spacial score (nSPS) is 19.3. The Bertz CT molecular complexity index is 1410. The minimum absolute atomic E-state index is 0.00162. The number of carbonyl (C=O) groups is 2. The van der Waals surface area contributed by atoms with Gasteiger partial charge in [0.25, 0.3) is 0 Å². The highest BCUT2D eigenvalue weighted by molar-refractivity contribution is 8.15. The van der Waals surface area contributed by atoms with Gasteiger partial charge >= 0.3 is 6.03 Å². The van der Waals surface area contributed by atoms with Crippen LogP contribution in [0, 0.1) is 23.1 Å². The van der Waals surface area contributed by atoms with Gasteiger partial charge < -0.3 is 20.4 Å². The molecule has 10 nitrogen and oxygen atoms in total. The standard InChI is InChI=1S/C29H34F2N8O2S/c1-20(40)38-16-12-23(13-17-38)37(3)28(41)39-29(21-8-5-4-6-9-21,14-7-15-36(2)27(33)34-19-32)42-26(35-39)24-18-22(30)10-11-25(24)31/h4-6,8-11,18,23H,7,12-17H2,1-3H3,(H2,33,34). The van der Waals surface area contributed by atoms with E-state index in [1.165, 1.54) is 23.7 Å². The highest BCUT2D eigenvalue weighted by Gasteiger charge is 2.50. The van der Waals surface area contributed by atoms with Crippen LogP contribution in [-0.4, -0.2) is 82.4 Å². The van der Waals surface area contributed by atoms with Crippen LogP contribution in [0.4, 0.5) is 13.6 Å². The Hall–Kier alpha value is -4.18. The van der Waals surface area contributed by atoms with Crippen molar-refractivity contribution in [1.29, 1.82) is 5.26 Å². The van der Waals surface area contributed by atoms with Gasteiger partial charge in [0.1, 0.15) is 21.5 Å². The maximum Gasteiger partial charge on any atom is 0.342 e. The second kappa shape index (κ2) is 13.2. The zero-order chi connectivity index (χ0) is 30.4. The van der Waals surface area contributed by atoms with Crippen molar-refractivity contribution in [3.63, 3.8) is 0 Å². The Morgan fingerprint density at radius 3 is 2.52 bits per heavy atom. The molecule has 2 N–H and O–H groups in total. The Labute approximate surface area is 248 Å². The summed E-state index contributed by atoms with van der Waals surface area (Å²) in [7, 11) is 3.42. The van der Waals surface area contributed by atoms with Crippen LogP contribution in [0.5, 0.6) is 0 Å². The van der Waals surface area contributed by atoms with Crippen molar-refractivity contribution in [1.82, 2.24) is 19.7 Å². The number of rotatable bonds is 7. The lowest BCUT2D eigenvalue weighted by Gasteiger charge is -2.41. The van der Waals surface area contributed by atoms with Crippen LogP contribution >= 0.6 is 11.8 Å². The van der Waals surface area contributed by atoms with Crippen molar-refractivity contribution in [2.24, 2.45) is 15.8 Å². The first-order valence-corrected chi connectivity index (χ1v) is 14.4. The fourth-order valence-electron chi connectivity index (χ4n) is 5.22. The molecule has 1 atom stereocenters. The zero-order valence-electron chi connectivity index (χ0n) is 23.8. The molecule has 222 valence electrons. The molecule has 42 heavy (non-hydrogen) atoms. The molecule has 0 aromatic heterocycles. The van der Waals surface area contributed by atoms with E-state index < -0.39 is 22.5 Å². The number of thioether (sulfide) groups is 1. The number of hydrazone groups is 1. The highest BCUT2D eigenvalue weighted by Crippen LogP contribution is 2.51. The Balaban J connectivity index is 1.72. The zero-order valence-corrected chi connectivity index (χ0v) is 24.7. The number of guanidine groups is 1. The van der Waals surface area contributed by atoms with E-state index in [4.69, 9.17) is 11.0 Å². The van der Waals surface area contributed by atoms with E-state index in [1.54, 1.807) is 35.0 Å². The predicted molar refractivity (Wildman–Crippen MR) is 158 cm³/mol. The van der Waals surface area contributed by atoms with Crippen LogP contribution in [0.15, 0.2) is 58.6 Å². The van der Waals surface area contributed by atoms with Gasteiger partial charge in [0.05, 0.1) is 0 Å². The molecule has 1 fully saturated rings. The van der Waals surface area contributed by atoms with E-state index in [-0.39, 0.29) is 28.5 Å². The van der Waals surface area contributed by atoms with Crippen molar-refractivity contribution >= 4 is 34.7 Å². The number of nitrogens with zero attached hydrogens (tertiary/aromatic N) is 7. The quantitative estimate of drug-likeness (QED) is 0.292. The fraction of sp³-hybridized carbons (Fsp3) is 0.414. The van der Waals surface area contributed by atoms with Gasteiger partial charge in [-0.3, -0.25) is 4.79 Å². The number of nitrogens with two attached hydrogens (primary N) is 1. The molecule has 0 aliphatic carbocycles. The third-order valence-corrected chi connectivity index (χ3v) is 9.13. The molecule has 4 rings (SSSR count). The molecule has 2 aliphatic heterocycles. The largest absolute Gasteiger partial charge is 0.369 e. The summed E-state index contributed by atoms with van der Waals surface area (Å²) < 4.78 is 29.3. The summed E-state index contributed by atoms with van der Waals surface area (Å²) in [6.45, 7) is 3.02. The number of urea groups is 1. The van der Waals surface area contributed by atoms with E-state index in [9.17, 15) is 14.0 Å². The Morgan fingerprint density at radius 1 is 1.19 bits per heavy atom. The molecular formula is C29H34F2N8O2S. The lowest BCUT2D eigenvalue weighted by atomic mass is 9.99. The number of halogens is 2. The molecule has 0 spiro atoms. The van der Waals surface area contributed by atoms with Crippen molar-refractivity contribution in [3.05, 3.63) is 71.3 Å². The fourth-order valence-corrected chi connectivity index (χ4v) is 6.64. The van der Waals surface area contributed by atoms with Gasteiger partial charge in [0.2, 0.25) is 18.1 Å². The number of piperidine rings is 1. The van der Waals surface area contributed by atoms with Crippen LogP contribution in [0.2, 0.25) is 0 Å². The topological polar surface area (TPSA) is 122 Å². The second-order valence-corrected chi connectivity index (χ2v) is 11.6. The van der Waals surface area contributed by atoms with E-state index in [0.717, 1.165) is 23.8 Å². The van der Waals surface area contributed by atoms with E-state index in [2.05, 4.69) is 10.1 Å². The SMILES string of the molecule is CC(=O)N1CCC(N(C)C(=O)N2N=C(c3cc(F)ccc3F)SC2(CCCN(C)C(N)=NC#N)c2ccccc2)CC1. The molecule has 1 saturated heterocycles. The monoisotopic (exact) mass is 596 g/mol. The number of nitriles is 1. The first-order chi connectivity index (χ1) is 20.1. The molecule has 2 aliphatic rings. The average Bonchev–Trinajstić information content (AvgIpc) is 3.38. The summed E-state index contributed by atoms with van der Waals surface area (Å²) in [4.78, 5) is 33.6. The van der Waals surface area contributed by atoms with Gasteiger partial charge in [-0.25, -0.2) is 13.6 Å². The second-order valence-electron chi connectivity index (χ2n) is 10.3. The van der Waals surface area contributed by atoms with Crippen LogP contribution in [0.3, 0.4) is 0 Å². The maximum absolute atomic E-state index is 15.0. The van der Waals surface area contributed by atoms with Crippen molar-refractivity contribution in [2.75, 3.05) is 33.7 Å². The number of amides is 3. The van der Waals surface area contributed by atoms with E-state index in [1.807, 2.05) is 30.3 Å². The molecule has 13 heteroatoms. The number of likely N-dealkylation sites (tertiary alicyclic amines) is 1. The van der Waals surface area contributed by atoms with E-state index in [0.29, 0.717) is 45.3 Å². The summed E-state index contributed by atoms with van der Waals surface area (Å²) in [6.07, 6.45) is 3.77. The molecule has 2 heterocycles. The van der Waals surface area contributed by atoms with Crippen molar-refractivity contribution in [3.8, 4) is 6.19 Å². The smallest absolute Gasteiger partial charge is 0.342 e. The van der Waals surface area contributed by atoms with Gasteiger partial charge in [0, 0.05) is 52.3 Å². The van der Waals surface area contributed by atoms with Crippen LogP contribution in [0.25, 0.3) is 0 Å². The summed E-state index contributed by atoms with van der Waals surface area (Å²) in [6, 6.07) is 12.0. The van der Waals surface area contributed by atoms with E-state index >= 15 is 4.39 Å². The molecular weight excluding hydrogens is 562 g/mol. The first kappa shape index (κ1) is 30.8. The maximum atomic E-state index is 15.0. The minimum Gasteiger partial charge on any atom is -0.369 e. The van der Waals surface area contributed by atoms with Gasteiger partial charge in [-0.1, -0.05) is 42.1 Å². The van der Waals surface area contributed by atoms with Gasteiger partial charge in [-0.15, -0.1) is 4.99 Å². The lowest BCUT2D eigenvalue weighted by molar-refractivity contribution is -0.130. The lowest BCUT2D eigenvalue weighted by Crippen LogP contribution is -2.53. The summed E-state index contributed by atoms with van der Waals surface area (Å²) in [5, 5.41) is 15.1. The first-order valence-electron chi connectivity index (χ1n) is 13.6. The van der Waals surface area contributed by atoms with Gasteiger partial charge in [-0.2, -0.15) is 15.4 Å². The summed E-state index contributed by atoms with van der Waals surface area (Å²) >= 11 is 1.20. The van der Waals surface area contributed by atoms with Gasteiger partial charge in [-0.05, 0) is 49.4 Å². The molecule has 2 aromatic rings. The molecule has 2 aromatic carbocycles. The number of aliphatic imine (C=N–C) groups is 1. The highest BCUT2D eigenvalue weighted by atomic mass is 32.2. The van der Waals surface area contributed by atoms with Crippen LogP contribution < -0.4 is 5.73 Å². The van der Waals surface area contributed by atoms with Crippen LogP contribution in [0.1, 0.15) is 43.7 Å². The summed E-state index contributed by atoms with van der Waals surface area (Å²) in [5.74, 6) is -1.20. The molecule has 3 amide bonds. The summed E-state index contributed by atoms with van der Waals surface area (Å²) in [5.41, 5.74) is 6.61. The number of hydrogen-bond donors (Lipinski definition) is 1.